The molecular formula is C13H13ClI3NO3. The molecule has 0 saturated carbocycles. The molecule has 21 heavy (non-hydrogen) atoms. The normalized spacial score (nSPS) is 12.0. The van der Waals surface area contributed by atoms with Gasteiger partial charge < -0.3 is 10.4 Å². The molecule has 1 aromatic carbocycles. The standard InChI is InChI=1S/C13H13ClI3NO3/c1-6(18-10(19)5-14)12-9(16)4-8(15)7(13(12)17)2-3-11(20)21/h4,6H,2-3,5H2,1H3,(H,18,19)(H,20,21). The van der Waals surface area contributed by atoms with Crippen LogP contribution >= 0.6 is 79.4 Å². The largest absolute Gasteiger partial charge is 0.481 e. The van der Waals surface area contributed by atoms with Gasteiger partial charge in [-0.15, -0.1) is 11.6 Å². The lowest BCUT2D eigenvalue weighted by molar-refractivity contribution is -0.137. The van der Waals surface area contributed by atoms with Crippen LogP contribution in [0.5, 0.6) is 0 Å². The van der Waals surface area contributed by atoms with Gasteiger partial charge in [0.15, 0.2) is 0 Å². The van der Waals surface area contributed by atoms with Crippen LogP contribution in [-0.4, -0.2) is 22.9 Å². The first kappa shape index (κ1) is 19.7. The number of carboxylic acids is 1. The minimum Gasteiger partial charge on any atom is -0.481 e. The zero-order valence-electron chi connectivity index (χ0n) is 11.1. The number of benzene rings is 1. The lowest BCUT2D eigenvalue weighted by Crippen LogP contribution is -2.29. The van der Waals surface area contributed by atoms with Crippen molar-refractivity contribution in [2.75, 3.05) is 5.88 Å². The second-order valence-corrected chi connectivity index (χ2v) is 8.03. The number of hydrogen-bond donors (Lipinski definition) is 2. The van der Waals surface area contributed by atoms with Crippen molar-refractivity contribution in [1.82, 2.24) is 5.32 Å². The number of rotatable bonds is 6. The van der Waals surface area contributed by atoms with Crippen molar-refractivity contribution in [3.63, 3.8) is 0 Å². The topological polar surface area (TPSA) is 66.4 Å². The van der Waals surface area contributed by atoms with Crippen molar-refractivity contribution in [1.29, 1.82) is 0 Å². The van der Waals surface area contributed by atoms with Crippen LogP contribution < -0.4 is 5.32 Å². The fraction of sp³-hybridized carbons (Fsp3) is 0.385. The smallest absolute Gasteiger partial charge is 0.303 e. The van der Waals surface area contributed by atoms with Crippen LogP contribution in [0.4, 0.5) is 0 Å². The highest BCUT2D eigenvalue weighted by Gasteiger charge is 2.20. The van der Waals surface area contributed by atoms with E-state index in [-0.39, 0.29) is 24.2 Å². The summed E-state index contributed by atoms with van der Waals surface area (Å²) in [4.78, 5) is 22.2. The second kappa shape index (κ2) is 9.06. The molecule has 2 N–H and O–H groups in total. The Hall–Kier alpha value is 0.640. The summed E-state index contributed by atoms with van der Waals surface area (Å²) < 4.78 is 3.10. The van der Waals surface area contributed by atoms with Gasteiger partial charge in [0.05, 0.1) is 6.04 Å². The summed E-state index contributed by atoms with van der Waals surface area (Å²) in [7, 11) is 0. The SMILES string of the molecule is CC(NC(=O)CCl)c1c(I)cc(I)c(CCC(=O)O)c1I. The van der Waals surface area contributed by atoms with Crippen molar-refractivity contribution < 1.29 is 14.7 Å². The molecule has 8 heteroatoms. The molecule has 0 aromatic heterocycles. The van der Waals surface area contributed by atoms with Gasteiger partial charge in [-0.3, -0.25) is 9.59 Å². The molecule has 0 heterocycles. The lowest BCUT2D eigenvalue weighted by Gasteiger charge is -2.20. The van der Waals surface area contributed by atoms with Gasteiger partial charge in [0.1, 0.15) is 5.88 Å². The highest BCUT2D eigenvalue weighted by molar-refractivity contribution is 14.1. The van der Waals surface area contributed by atoms with E-state index in [0.717, 1.165) is 21.8 Å². The Morgan fingerprint density at radius 2 is 1.95 bits per heavy atom. The van der Waals surface area contributed by atoms with Crippen molar-refractivity contribution in [2.45, 2.75) is 25.8 Å². The molecular weight excluding hydrogens is 634 g/mol. The molecule has 1 amide bonds. The molecule has 0 saturated heterocycles. The highest BCUT2D eigenvalue weighted by atomic mass is 127. The maximum Gasteiger partial charge on any atom is 0.303 e. The summed E-state index contributed by atoms with van der Waals surface area (Å²) in [6.45, 7) is 1.90. The Morgan fingerprint density at radius 3 is 2.48 bits per heavy atom. The summed E-state index contributed by atoms with van der Waals surface area (Å²) in [6, 6.07) is 1.84. The summed E-state index contributed by atoms with van der Waals surface area (Å²) in [5, 5.41) is 11.7. The maximum atomic E-state index is 11.5. The number of carboxylic acid groups (broad SMARTS) is 1. The maximum absolute atomic E-state index is 11.5. The number of nitrogens with one attached hydrogen (secondary N) is 1. The molecule has 0 bridgehead atoms. The molecule has 0 fully saturated rings. The van der Waals surface area contributed by atoms with E-state index in [0.29, 0.717) is 6.42 Å². The quantitative estimate of drug-likeness (QED) is 0.364. The first-order valence-electron chi connectivity index (χ1n) is 6.01. The Bertz CT molecular complexity index is 566. The van der Waals surface area contributed by atoms with E-state index in [1.807, 2.05) is 13.0 Å². The van der Waals surface area contributed by atoms with Gasteiger partial charge in [-0.1, -0.05) is 0 Å². The van der Waals surface area contributed by atoms with Gasteiger partial charge in [0.2, 0.25) is 5.91 Å². The molecule has 1 rings (SSSR count). The molecule has 1 aromatic rings. The van der Waals surface area contributed by atoms with Crippen LogP contribution in [0.25, 0.3) is 0 Å². The molecule has 4 nitrogen and oxygen atoms in total. The zero-order chi connectivity index (χ0) is 16.2. The van der Waals surface area contributed by atoms with Crippen LogP contribution in [0.15, 0.2) is 6.07 Å². The third-order valence-electron chi connectivity index (χ3n) is 2.82. The monoisotopic (exact) mass is 647 g/mol. The van der Waals surface area contributed by atoms with Crippen LogP contribution in [-0.2, 0) is 16.0 Å². The molecule has 116 valence electrons. The molecule has 0 aliphatic heterocycles. The summed E-state index contributed by atoms with van der Waals surface area (Å²) in [5.41, 5.74) is 2.02. The van der Waals surface area contributed by atoms with E-state index >= 15 is 0 Å². The highest BCUT2D eigenvalue weighted by Crippen LogP contribution is 2.32. The van der Waals surface area contributed by atoms with Gasteiger partial charge in [-0.05, 0) is 92.7 Å². The average Bonchev–Trinajstić information content (AvgIpc) is 2.37. The van der Waals surface area contributed by atoms with Crippen molar-refractivity contribution in [3.8, 4) is 0 Å². The molecule has 0 aliphatic rings. The van der Waals surface area contributed by atoms with Gasteiger partial charge in [0, 0.05) is 22.7 Å². The number of halogens is 4. The number of alkyl halides is 1. The van der Waals surface area contributed by atoms with E-state index < -0.39 is 5.97 Å². The fourth-order valence-electron chi connectivity index (χ4n) is 1.86. The summed E-state index contributed by atoms with van der Waals surface area (Å²) >= 11 is 12.2. The van der Waals surface area contributed by atoms with Gasteiger partial charge in [-0.2, -0.15) is 0 Å². The van der Waals surface area contributed by atoms with Crippen molar-refractivity contribution >= 4 is 91.3 Å². The second-order valence-electron chi connectivity index (χ2n) is 4.36. The van der Waals surface area contributed by atoms with Crippen LogP contribution in [0, 0.1) is 10.7 Å². The van der Waals surface area contributed by atoms with Gasteiger partial charge >= 0.3 is 5.97 Å². The zero-order valence-corrected chi connectivity index (χ0v) is 18.3. The van der Waals surface area contributed by atoms with Crippen LogP contribution in [0.2, 0.25) is 0 Å². The molecule has 1 atom stereocenters. The van der Waals surface area contributed by atoms with E-state index in [1.165, 1.54) is 0 Å². The Labute approximate surface area is 169 Å². The number of hydrogen-bond acceptors (Lipinski definition) is 2. The Balaban J connectivity index is 3.16. The molecule has 0 aliphatic carbocycles. The summed E-state index contributed by atoms with van der Waals surface area (Å²) in [5.74, 6) is -1.11. The van der Waals surface area contributed by atoms with Crippen LogP contribution in [0.3, 0.4) is 0 Å². The van der Waals surface area contributed by atoms with Crippen molar-refractivity contribution in [2.24, 2.45) is 0 Å². The summed E-state index contributed by atoms with van der Waals surface area (Å²) in [6.07, 6.45) is 0.570. The first-order chi connectivity index (χ1) is 9.77. The van der Waals surface area contributed by atoms with E-state index in [2.05, 4.69) is 73.1 Å². The predicted octanol–water partition coefficient (Wildman–Crippen LogP) is 3.93. The molecule has 0 spiro atoms. The number of aliphatic carboxylic acids is 1. The Kier molecular flexibility index (Phi) is 8.50. The molecule has 1 unspecified atom stereocenters. The minimum absolute atomic E-state index is 0.0757. The molecule has 0 radical (unpaired) electrons. The third kappa shape index (κ3) is 5.65. The van der Waals surface area contributed by atoms with E-state index in [1.54, 1.807) is 0 Å². The van der Waals surface area contributed by atoms with Gasteiger partial charge in [-0.25, -0.2) is 0 Å². The number of carbonyl (C=O) groups is 2. The number of carbonyl (C=O) groups excluding carboxylic acids is 1. The Morgan fingerprint density at radius 1 is 1.33 bits per heavy atom. The predicted molar refractivity (Wildman–Crippen MR) is 108 cm³/mol. The van der Waals surface area contributed by atoms with E-state index in [9.17, 15) is 9.59 Å². The third-order valence-corrected chi connectivity index (χ3v) is 6.15. The van der Waals surface area contributed by atoms with Crippen LogP contribution in [0.1, 0.15) is 30.5 Å². The number of amides is 1. The van der Waals surface area contributed by atoms with Gasteiger partial charge in [0.25, 0.3) is 0 Å². The fourth-order valence-corrected chi connectivity index (χ4v) is 6.78. The van der Waals surface area contributed by atoms with Crippen molar-refractivity contribution in [3.05, 3.63) is 27.9 Å². The minimum atomic E-state index is -0.815. The first-order valence-corrected chi connectivity index (χ1v) is 9.78. The lowest BCUT2D eigenvalue weighted by atomic mass is 10.0. The van der Waals surface area contributed by atoms with E-state index in [4.69, 9.17) is 16.7 Å². The average molecular weight is 647 g/mol.